The number of hydrogen-bond acceptors (Lipinski definition) is 5. The van der Waals surface area contributed by atoms with Crippen LogP contribution in [0.25, 0.3) is 0 Å². The molecule has 2 atom stereocenters. The zero-order valence-corrected chi connectivity index (χ0v) is 11.4. The molecule has 0 heterocycles. The monoisotopic (exact) mass is 259 g/mol. The van der Waals surface area contributed by atoms with Crippen LogP contribution in [0.2, 0.25) is 0 Å². The Morgan fingerprint density at radius 1 is 1.44 bits per heavy atom. The summed E-state index contributed by atoms with van der Waals surface area (Å²) in [5.41, 5.74) is 0. The first-order valence-corrected chi connectivity index (χ1v) is 6.83. The zero-order chi connectivity index (χ0) is 13.4. The van der Waals surface area contributed by atoms with Crippen LogP contribution in [0.3, 0.4) is 0 Å². The van der Waals surface area contributed by atoms with Crippen LogP contribution in [0.4, 0.5) is 0 Å². The van der Waals surface area contributed by atoms with Gasteiger partial charge in [0.2, 0.25) is 0 Å². The van der Waals surface area contributed by atoms with Crippen molar-refractivity contribution in [2.75, 3.05) is 19.8 Å². The summed E-state index contributed by atoms with van der Waals surface area (Å²) in [6, 6.07) is -0.397. The zero-order valence-electron chi connectivity index (χ0n) is 11.4. The normalized spacial score (nSPS) is 19.7. The predicted octanol–water partition coefficient (Wildman–Crippen LogP) is 0.848. The van der Waals surface area contributed by atoms with E-state index in [4.69, 9.17) is 9.47 Å². The molecule has 1 rings (SSSR count). The minimum absolute atomic E-state index is 0.290. The second kappa shape index (κ2) is 8.45. The Morgan fingerprint density at radius 2 is 2.11 bits per heavy atom. The molecule has 0 bridgehead atoms. The molecule has 18 heavy (non-hydrogen) atoms. The van der Waals surface area contributed by atoms with E-state index in [0.717, 1.165) is 12.8 Å². The highest BCUT2D eigenvalue weighted by atomic mass is 16.5. The van der Waals surface area contributed by atoms with E-state index in [0.29, 0.717) is 25.9 Å². The number of esters is 1. The summed E-state index contributed by atoms with van der Waals surface area (Å²) in [6.07, 6.45) is 4.36. The quantitative estimate of drug-likeness (QED) is 0.632. The van der Waals surface area contributed by atoms with Crippen LogP contribution in [-0.4, -0.2) is 49.1 Å². The first kappa shape index (κ1) is 15.4. The van der Waals surface area contributed by atoms with Crippen molar-refractivity contribution >= 4 is 5.97 Å². The fourth-order valence-corrected chi connectivity index (χ4v) is 2.02. The van der Waals surface area contributed by atoms with Gasteiger partial charge in [0.05, 0.1) is 25.4 Å². The molecule has 1 aliphatic rings. The summed E-state index contributed by atoms with van der Waals surface area (Å²) >= 11 is 0. The van der Waals surface area contributed by atoms with E-state index in [-0.39, 0.29) is 5.97 Å². The Hall–Kier alpha value is -0.650. The lowest BCUT2D eigenvalue weighted by Crippen LogP contribution is -2.41. The Balaban J connectivity index is 2.08. The van der Waals surface area contributed by atoms with Crippen LogP contribution in [0.5, 0.6) is 0 Å². The molecule has 0 amide bonds. The highest BCUT2D eigenvalue weighted by Gasteiger charge is 2.18. The summed E-state index contributed by atoms with van der Waals surface area (Å²) in [7, 11) is 0. The van der Waals surface area contributed by atoms with Crippen molar-refractivity contribution in [2.24, 2.45) is 0 Å². The molecule has 1 fully saturated rings. The highest BCUT2D eigenvalue weighted by molar-refractivity contribution is 5.75. The van der Waals surface area contributed by atoms with Gasteiger partial charge in [-0.3, -0.25) is 4.79 Å². The van der Waals surface area contributed by atoms with Crippen LogP contribution in [0, 0.1) is 0 Å². The molecule has 0 aromatic rings. The number of aliphatic hydroxyl groups is 1. The van der Waals surface area contributed by atoms with E-state index in [1.54, 1.807) is 13.8 Å². The standard InChI is InChI=1S/C13H25NO4/c1-3-17-13(16)10(2)14-8-11(15)9-18-12-6-4-5-7-12/h10-12,14-15H,3-9H2,1-2H3. The average Bonchev–Trinajstić information content (AvgIpc) is 2.86. The Kier molecular flexibility index (Phi) is 7.23. The summed E-state index contributed by atoms with van der Waals surface area (Å²) in [5, 5.41) is 12.7. The first-order chi connectivity index (χ1) is 8.63. The van der Waals surface area contributed by atoms with Gasteiger partial charge in [0.25, 0.3) is 0 Å². The van der Waals surface area contributed by atoms with Gasteiger partial charge >= 0.3 is 5.97 Å². The van der Waals surface area contributed by atoms with Crippen molar-refractivity contribution in [3.05, 3.63) is 0 Å². The van der Waals surface area contributed by atoms with E-state index >= 15 is 0 Å². The number of ether oxygens (including phenoxy) is 2. The maximum atomic E-state index is 11.3. The summed E-state index contributed by atoms with van der Waals surface area (Å²) < 4.78 is 10.5. The fourth-order valence-electron chi connectivity index (χ4n) is 2.02. The van der Waals surface area contributed by atoms with E-state index in [1.807, 2.05) is 0 Å². The second-order valence-corrected chi connectivity index (χ2v) is 4.78. The largest absolute Gasteiger partial charge is 0.465 e. The Bertz CT molecular complexity index is 241. The maximum absolute atomic E-state index is 11.3. The molecule has 0 aromatic heterocycles. The maximum Gasteiger partial charge on any atom is 0.322 e. The number of nitrogens with one attached hydrogen (secondary N) is 1. The van der Waals surface area contributed by atoms with Crippen molar-refractivity contribution < 1.29 is 19.4 Å². The average molecular weight is 259 g/mol. The fraction of sp³-hybridized carbons (Fsp3) is 0.923. The van der Waals surface area contributed by atoms with Gasteiger partial charge in [-0.15, -0.1) is 0 Å². The van der Waals surface area contributed by atoms with Gasteiger partial charge < -0.3 is 19.9 Å². The molecular formula is C13H25NO4. The molecule has 5 nitrogen and oxygen atoms in total. The molecule has 5 heteroatoms. The van der Waals surface area contributed by atoms with Crippen LogP contribution in [-0.2, 0) is 14.3 Å². The molecular weight excluding hydrogens is 234 g/mol. The third-order valence-corrected chi connectivity index (χ3v) is 3.13. The summed E-state index contributed by atoms with van der Waals surface area (Å²) in [5.74, 6) is -0.290. The topological polar surface area (TPSA) is 67.8 Å². The molecule has 2 unspecified atom stereocenters. The van der Waals surface area contributed by atoms with Crippen LogP contribution in [0.15, 0.2) is 0 Å². The smallest absolute Gasteiger partial charge is 0.322 e. The summed E-state index contributed by atoms with van der Waals surface area (Å²) in [6.45, 7) is 4.54. The lowest BCUT2D eigenvalue weighted by molar-refractivity contribution is -0.145. The number of hydrogen-bond donors (Lipinski definition) is 2. The van der Waals surface area contributed by atoms with E-state index < -0.39 is 12.1 Å². The Labute approximate surface area is 109 Å². The third kappa shape index (κ3) is 5.80. The molecule has 0 spiro atoms. The highest BCUT2D eigenvalue weighted by Crippen LogP contribution is 2.20. The lowest BCUT2D eigenvalue weighted by Gasteiger charge is -2.18. The van der Waals surface area contributed by atoms with Gasteiger partial charge in [0.15, 0.2) is 0 Å². The van der Waals surface area contributed by atoms with Crippen molar-refractivity contribution in [3.63, 3.8) is 0 Å². The van der Waals surface area contributed by atoms with Gasteiger partial charge in [-0.2, -0.15) is 0 Å². The lowest BCUT2D eigenvalue weighted by atomic mass is 10.3. The minimum atomic E-state index is -0.581. The second-order valence-electron chi connectivity index (χ2n) is 4.78. The van der Waals surface area contributed by atoms with Gasteiger partial charge in [-0.25, -0.2) is 0 Å². The van der Waals surface area contributed by atoms with Crippen LogP contribution < -0.4 is 5.32 Å². The third-order valence-electron chi connectivity index (χ3n) is 3.13. The van der Waals surface area contributed by atoms with E-state index in [2.05, 4.69) is 5.32 Å². The van der Waals surface area contributed by atoms with Crippen molar-refractivity contribution in [2.45, 2.75) is 57.8 Å². The first-order valence-electron chi connectivity index (χ1n) is 6.83. The van der Waals surface area contributed by atoms with Crippen LogP contribution >= 0.6 is 0 Å². The Morgan fingerprint density at radius 3 is 2.72 bits per heavy atom. The van der Waals surface area contributed by atoms with Crippen molar-refractivity contribution in [1.82, 2.24) is 5.32 Å². The number of rotatable bonds is 8. The molecule has 2 N–H and O–H groups in total. The minimum Gasteiger partial charge on any atom is -0.465 e. The van der Waals surface area contributed by atoms with Crippen molar-refractivity contribution in [1.29, 1.82) is 0 Å². The molecule has 1 saturated carbocycles. The molecule has 0 saturated heterocycles. The summed E-state index contributed by atoms with van der Waals surface area (Å²) in [4.78, 5) is 11.3. The molecule has 0 aliphatic heterocycles. The molecule has 106 valence electrons. The molecule has 1 aliphatic carbocycles. The molecule has 0 radical (unpaired) electrons. The van der Waals surface area contributed by atoms with Crippen molar-refractivity contribution in [3.8, 4) is 0 Å². The molecule has 0 aromatic carbocycles. The van der Waals surface area contributed by atoms with Crippen LogP contribution in [0.1, 0.15) is 39.5 Å². The van der Waals surface area contributed by atoms with E-state index in [1.165, 1.54) is 12.8 Å². The van der Waals surface area contributed by atoms with Gasteiger partial charge in [0, 0.05) is 6.54 Å². The number of carbonyl (C=O) groups is 1. The number of carbonyl (C=O) groups excluding carboxylic acids is 1. The van der Waals surface area contributed by atoms with Gasteiger partial charge in [-0.1, -0.05) is 12.8 Å². The number of aliphatic hydroxyl groups excluding tert-OH is 1. The van der Waals surface area contributed by atoms with Gasteiger partial charge in [-0.05, 0) is 26.7 Å². The predicted molar refractivity (Wildman–Crippen MR) is 68.3 cm³/mol. The SMILES string of the molecule is CCOC(=O)C(C)NCC(O)COC1CCCC1. The van der Waals surface area contributed by atoms with E-state index in [9.17, 15) is 9.90 Å². The van der Waals surface area contributed by atoms with Gasteiger partial charge in [0.1, 0.15) is 6.04 Å².